The van der Waals surface area contributed by atoms with Crippen LogP contribution >= 0.6 is 0 Å². The van der Waals surface area contributed by atoms with E-state index in [1.54, 1.807) is 12.1 Å². The van der Waals surface area contributed by atoms with Crippen LogP contribution < -0.4 is 25.7 Å². The van der Waals surface area contributed by atoms with E-state index >= 15 is 0 Å². The Morgan fingerprint density at radius 3 is 2.11 bits per heavy atom. The third-order valence-electron chi connectivity index (χ3n) is 2.26. The highest BCUT2D eigenvalue weighted by Gasteiger charge is 2.10. The van der Waals surface area contributed by atoms with E-state index in [0.29, 0.717) is 22.8 Å². The molecule has 0 aliphatic carbocycles. The highest BCUT2D eigenvalue weighted by Crippen LogP contribution is 2.33. The Morgan fingerprint density at radius 1 is 1.11 bits per heavy atom. The van der Waals surface area contributed by atoms with Crippen molar-refractivity contribution in [1.29, 1.82) is 0 Å². The summed E-state index contributed by atoms with van der Waals surface area (Å²) in [6.45, 7) is 0. The number of nitrogens with two attached hydrogens (primary N) is 2. The fourth-order valence-corrected chi connectivity index (χ4v) is 1.34. The highest BCUT2D eigenvalue weighted by molar-refractivity contribution is 5.85. The summed E-state index contributed by atoms with van der Waals surface area (Å²) in [5, 5.41) is 14.7. The van der Waals surface area contributed by atoms with Crippen molar-refractivity contribution < 1.29 is 19.1 Å². The van der Waals surface area contributed by atoms with E-state index in [2.05, 4.69) is 5.10 Å². The third kappa shape index (κ3) is 3.41. The third-order valence-corrected chi connectivity index (χ3v) is 2.26. The highest BCUT2D eigenvalue weighted by atomic mass is 16.5. The molecule has 104 valence electrons. The Labute approximate surface area is 110 Å². The van der Waals surface area contributed by atoms with Crippen LogP contribution in [0.3, 0.4) is 0 Å². The zero-order chi connectivity index (χ0) is 14.4. The van der Waals surface area contributed by atoms with Crippen LogP contribution in [0.1, 0.15) is 5.56 Å². The number of benzene rings is 1. The van der Waals surface area contributed by atoms with E-state index in [-0.39, 0.29) is 4.85 Å². The van der Waals surface area contributed by atoms with Gasteiger partial charge in [-0.3, -0.25) is 11.5 Å². The molecule has 0 radical (unpaired) electrons. The van der Waals surface area contributed by atoms with Gasteiger partial charge in [-0.1, -0.05) is 0 Å². The molecule has 0 atom stereocenters. The standard InChI is InChI=1S/C11H16N4O4/c1-17-8-5-10(19-3)9(18-2)4-7(8)6-14-15(16)11(12)13/h4-6H,12-13H2,1-3H3/b14-6+. The van der Waals surface area contributed by atoms with Gasteiger partial charge < -0.3 is 19.4 Å². The van der Waals surface area contributed by atoms with Crippen LogP contribution in [-0.2, 0) is 0 Å². The number of rotatable bonds is 5. The van der Waals surface area contributed by atoms with Crippen molar-refractivity contribution in [3.63, 3.8) is 0 Å². The Morgan fingerprint density at radius 2 is 1.63 bits per heavy atom. The second kappa shape index (κ2) is 6.34. The van der Waals surface area contributed by atoms with Crippen molar-refractivity contribution in [1.82, 2.24) is 0 Å². The van der Waals surface area contributed by atoms with Gasteiger partial charge in [0.2, 0.25) is 0 Å². The molecule has 0 saturated carbocycles. The van der Waals surface area contributed by atoms with Crippen LogP contribution in [-0.4, -0.2) is 38.4 Å². The summed E-state index contributed by atoms with van der Waals surface area (Å²) >= 11 is 0. The first-order chi connectivity index (χ1) is 9.03. The lowest BCUT2D eigenvalue weighted by Crippen LogP contribution is -2.30. The molecule has 1 aromatic carbocycles. The van der Waals surface area contributed by atoms with Gasteiger partial charge in [0.1, 0.15) is 5.75 Å². The summed E-state index contributed by atoms with van der Waals surface area (Å²) in [7, 11) is 4.49. The zero-order valence-electron chi connectivity index (χ0n) is 10.9. The zero-order valence-corrected chi connectivity index (χ0v) is 10.9. The Kier molecular flexibility index (Phi) is 4.81. The van der Waals surface area contributed by atoms with Gasteiger partial charge in [-0.05, 0) is 6.07 Å². The average molecular weight is 268 g/mol. The van der Waals surface area contributed by atoms with Crippen molar-refractivity contribution in [3.8, 4) is 17.2 Å². The molecule has 1 rings (SSSR count). The van der Waals surface area contributed by atoms with Crippen molar-refractivity contribution in [2.45, 2.75) is 0 Å². The molecule has 1 aromatic rings. The monoisotopic (exact) mass is 268 g/mol. The quantitative estimate of drug-likeness (QED) is 0.251. The number of nitrogens with zero attached hydrogens (tertiary/aromatic N) is 2. The van der Waals surface area contributed by atoms with Crippen molar-refractivity contribution >= 4 is 12.2 Å². The SMILES string of the molecule is COc1cc(OC)c(OC)cc1/C=N/[N+]([O-])=C(N)N. The maximum atomic E-state index is 11.1. The minimum Gasteiger partial charge on any atom is -0.722 e. The van der Waals surface area contributed by atoms with Crippen molar-refractivity contribution in [2.24, 2.45) is 16.6 Å². The fraction of sp³-hybridized carbons (Fsp3) is 0.273. The Hall–Kier alpha value is -2.64. The average Bonchev–Trinajstić information content (AvgIpc) is 2.43. The molecule has 8 nitrogen and oxygen atoms in total. The van der Waals surface area contributed by atoms with Gasteiger partial charge in [-0.2, -0.15) is 0 Å². The molecule has 0 bridgehead atoms. The summed E-state index contributed by atoms with van der Waals surface area (Å²) in [6.07, 6.45) is 1.26. The van der Waals surface area contributed by atoms with E-state index in [1.807, 2.05) is 0 Å². The molecule has 0 aliphatic heterocycles. The molecule has 0 fully saturated rings. The molecule has 0 amide bonds. The molecular weight excluding hydrogens is 252 g/mol. The number of guanidine groups is 1. The lowest BCUT2D eigenvalue weighted by molar-refractivity contribution is -0.463. The van der Waals surface area contributed by atoms with Crippen molar-refractivity contribution in [3.05, 3.63) is 22.9 Å². The number of hydrogen-bond donors (Lipinski definition) is 2. The predicted octanol–water partition coefficient (Wildman–Crippen LogP) is -0.170. The minimum atomic E-state index is -0.462. The first-order valence-corrected chi connectivity index (χ1v) is 5.22. The first-order valence-electron chi connectivity index (χ1n) is 5.22. The fourth-order valence-electron chi connectivity index (χ4n) is 1.34. The molecule has 0 spiro atoms. The van der Waals surface area contributed by atoms with Gasteiger partial charge in [-0.15, -0.1) is 9.95 Å². The van der Waals surface area contributed by atoms with E-state index in [4.69, 9.17) is 25.7 Å². The molecule has 8 heteroatoms. The lowest BCUT2D eigenvalue weighted by atomic mass is 10.2. The predicted molar refractivity (Wildman–Crippen MR) is 70.7 cm³/mol. The molecule has 0 saturated heterocycles. The van der Waals surface area contributed by atoms with Crippen LogP contribution in [0.5, 0.6) is 17.2 Å². The molecule has 0 aliphatic rings. The van der Waals surface area contributed by atoms with Crippen molar-refractivity contribution in [2.75, 3.05) is 21.3 Å². The molecule has 19 heavy (non-hydrogen) atoms. The second-order valence-electron chi connectivity index (χ2n) is 3.39. The lowest BCUT2D eigenvalue weighted by Gasteiger charge is -2.12. The van der Waals surface area contributed by atoms with Gasteiger partial charge >= 0.3 is 5.96 Å². The molecule has 0 unspecified atom stereocenters. The van der Waals surface area contributed by atoms with Crippen LogP contribution in [0.2, 0.25) is 0 Å². The Balaban J connectivity index is 3.23. The minimum absolute atomic E-state index is 0.0934. The summed E-state index contributed by atoms with van der Waals surface area (Å²) in [5.41, 5.74) is 10.7. The Bertz CT molecular complexity index is 510. The van der Waals surface area contributed by atoms with Crippen LogP contribution in [0, 0.1) is 5.21 Å². The van der Waals surface area contributed by atoms with Crippen LogP contribution in [0.25, 0.3) is 0 Å². The normalized spacial score (nSPS) is 10.3. The summed E-state index contributed by atoms with van der Waals surface area (Å²) < 4.78 is 15.4. The number of hydrogen-bond acceptors (Lipinski definition) is 5. The van der Waals surface area contributed by atoms with Crippen LogP contribution in [0.4, 0.5) is 0 Å². The molecule has 4 N–H and O–H groups in total. The van der Waals surface area contributed by atoms with Crippen LogP contribution in [0.15, 0.2) is 17.2 Å². The summed E-state index contributed by atoms with van der Waals surface area (Å²) in [4.78, 5) is 0.0934. The molecular formula is C11H16N4O4. The smallest absolute Gasteiger partial charge is 0.366 e. The summed E-state index contributed by atoms with van der Waals surface area (Å²) in [6, 6.07) is 3.23. The van der Waals surface area contributed by atoms with Gasteiger partial charge in [0.25, 0.3) is 0 Å². The van der Waals surface area contributed by atoms with E-state index in [9.17, 15) is 5.21 Å². The van der Waals surface area contributed by atoms with Gasteiger partial charge in [-0.25, -0.2) is 0 Å². The van der Waals surface area contributed by atoms with E-state index in [1.165, 1.54) is 27.5 Å². The largest absolute Gasteiger partial charge is 0.722 e. The second-order valence-corrected chi connectivity index (χ2v) is 3.39. The van der Waals surface area contributed by atoms with E-state index < -0.39 is 5.96 Å². The van der Waals surface area contributed by atoms with Gasteiger partial charge in [0, 0.05) is 11.6 Å². The summed E-state index contributed by atoms with van der Waals surface area (Å²) in [5.74, 6) is 0.980. The maximum absolute atomic E-state index is 11.1. The number of hydrazone groups is 1. The maximum Gasteiger partial charge on any atom is 0.366 e. The van der Waals surface area contributed by atoms with Gasteiger partial charge in [0.05, 0.1) is 27.5 Å². The topological polar surface area (TPSA) is 118 Å². The molecule has 0 heterocycles. The van der Waals surface area contributed by atoms with Gasteiger partial charge in [0.15, 0.2) is 11.5 Å². The number of methoxy groups -OCH3 is 3. The van der Waals surface area contributed by atoms with E-state index in [0.717, 1.165) is 0 Å². The first kappa shape index (κ1) is 14.4. The number of ether oxygens (including phenoxy) is 3. The molecule has 0 aromatic heterocycles.